The number of pyridine rings is 1. The summed E-state index contributed by atoms with van der Waals surface area (Å²) in [5.41, 5.74) is 4.51. The van der Waals surface area contributed by atoms with Crippen molar-refractivity contribution in [3.05, 3.63) is 102 Å². The fourth-order valence-corrected chi connectivity index (χ4v) is 2.90. The first kappa shape index (κ1) is 14.4. The molecule has 0 N–H and O–H groups in total. The van der Waals surface area contributed by atoms with Crippen LogP contribution in [0, 0.1) is 0 Å². The molecule has 0 unspecified atom stereocenters. The van der Waals surface area contributed by atoms with Crippen molar-refractivity contribution in [1.29, 1.82) is 0 Å². The van der Waals surface area contributed by atoms with Gasteiger partial charge in [-0.1, -0.05) is 84.9 Å². The minimum absolute atomic E-state index is 0.996. The SMILES string of the molecule is C(=C\c1cccc2ccccc12)/c1ccnc(-c2ccccc2)c1. The van der Waals surface area contributed by atoms with Gasteiger partial charge in [-0.05, 0) is 34.0 Å². The van der Waals surface area contributed by atoms with Crippen LogP contribution in [0.25, 0.3) is 34.2 Å². The number of fused-ring (bicyclic) bond motifs is 1. The molecule has 0 saturated heterocycles. The van der Waals surface area contributed by atoms with Crippen LogP contribution in [0.3, 0.4) is 0 Å². The number of hydrogen-bond donors (Lipinski definition) is 0. The van der Waals surface area contributed by atoms with Gasteiger partial charge in [0.25, 0.3) is 0 Å². The highest BCUT2D eigenvalue weighted by Gasteiger charge is 1.99. The van der Waals surface area contributed by atoms with E-state index >= 15 is 0 Å². The standard InChI is InChI=1S/C23H17N/c1-2-8-21(9-3-1)23-17-18(15-16-24-23)13-14-20-11-6-10-19-7-4-5-12-22(19)20/h1-17H/b14-13+. The second-order valence-electron chi connectivity index (χ2n) is 5.74. The summed E-state index contributed by atoms with van der Waals surface area (Å²) in [7, 11) is 0. The van der Waals surface area contributed by atoms with Crippen molar-refractivity contribution in [2.24, 2.45) is 0 Å². The van der Waals surface area contributed by atoms with Crippen LogP contribution in [-0.4, -0.2) is 4.98 Å². The molecular weight excluding hydrogens is 290 g/mol. The highest BCUT2D eigenvalue weighted by atomic mass is 14.7. The Hall–Kier alpha value is -3.19. The Morgan fingerprint density at radius 1 is 0.667 bits per heavy atom. The number of aromatic nitrogens is 1. The van der Waals surface area contributed by atoms with Crippen LogP contribution in [0.5, 0.6) is 0 Å². The lowest BCUT2D eigenvalue weighted by molar-refractivity contribution is 1.32. The van der Waals surface area contributed by atoms with Gasteiger partial charge < -0.3 is 0 Å². The lowest BCUT2D eigenvalue weighted by Crippen LogP contribution is -1.84. The summed E-state index contributed by atoms with van der Waals surface area (Å²) in [4.78, 5) is 4.48. The molecule has 0 atom stereocenters. The second kappa shape index (κ2) is 6.51. The third-order valence-electron chi connectivity index (χ3n) is 4.13. The van der Waals surface area contributed by atoms with Crippen molar-refractivity contribution in [2.45, 2.75) is 0 Å². The summed E-state index contributed by atoms with van der Waals surface area (Å²) >= 11 is 0. The first-order chi connectivity index (χ1) is 11.9. The van der Waals surface area contributed by atoms with Crippen LogP contribution in [0.15, 0.2) is 91.1 Å². The normalized spacial score (nSPS) is 11.2. The van der Waals surface area contributed by atoms with Gasteiger partial charge in [-0.15, -0.1) is 0 Å². The lowest BCUT2D eigenvalue weighted by Gasteiger charge is -2.03. The van der Waals surface area contributed by atoms with Gasteiger partial charge in [-0.25, -0.2) is 0 Å². The first-order valence-corrected chi connectivity index (χ1v) is 8.07. The van der Waals surface area contributed by atoms with Crippen LogP contribution in [0.2, 0.25) is 0 Å². The highest BCUT2D eigenvalue weighted by molar-refractivity contribution is 5.92. The van der Waals surface area contributed by atoms with Crippen molar-refractivity contribution < 1.29 is 0 Å². The van der Waals surface area contributed by atoms with E-state index in [2.05, 4.69) is 77.8 Å². The maximum atomic E-state index is 4.48. The molecule has 24 heavy (non-hydrogen) atoms. The van der Waals surface area contributed by atoms with Crippen LogP contribution in [-0.2, 0) is 0 Å². The predicted octanol–water partition coefficient (Wildman–Crippen LogP) is 6.07. The van der Waals surface area contributed by atoms with Crippen LogP contribution < -0.4 is 0 Å². The predicted molar refractivity (Wildman–Crippen MR) is 103 cm³/mol. The summed E-state index contributed by atoms with van der Waals surface area (Å²) < 4.78 is 0. The molecule has 4 rings (SSSR count). The summed E-state index contributed by atoms with van der Waals surface area (Å²) in [6, 6.07) is 29.3. The average molecular weight is 307 g/mol. The Morgan fingerprint density at radius 2 is 1.46 bits per heavy atom. The molecule has 0 saturated carbocycles. The Balaban J connectivity index is 1.69. The number of rotatable bonds is 3. The van der Waals surface area contributed by atoms with Gasteiger partial charge in [0.2, 0.25) is 0 Å². The lowest BCUT2D eigenvalue weighted by atomic mass is 10.0. The maximum absolute atomic E-state index is 4.48. The zero-order valence-electron chi connectivity index (χ0n) is 13.3. The summed E-state index contributed by atoms with van der Waals surface area (Å²) in [6.07, 6.45) is 6.19. The van der Waals surface area contributed by atoms with E-state index in [1.54, 1.807) is 0 Å². The molecule has 0 bridgehead atoms. The molecule has 0 fully saturated rings. The molecule has 0 aliphatic rings. The third-order valence-corrected chi connectivity index (χ3v) is 4.13. The van der Waals surface area contributed by atoms with Crippen LogP contribution >= 0.6 is 0 Å². The minimum atomic E-state index is 0.996. The van der Waals surface area contributed by atoms with E-state index in [0.717, 1.165) is 16.8 Å². The smallest absolute Gasteiger partial charge is 0.0707 e. The van der Waals surface area contributed by atoms with E-state index in [-0.39, 0.29) is 0 Å². The fraction of sp³-hybridized carbons (Fsp3) is 0. The maximum Gasteiger partial charge on any atom is 0.0707 e. The van der Waals surface area contributed by atoms with E-state index in [4.69, 9.17) is 0 Å². The molecule has 0 amide bonds. The molecule has 0 spiro atoms. The van der Waals surface area contributed by atoms with Gasteiger partial charge >= 0.3 is 0 Å². The van der Waals surface area contributed by atoms with Gasteiger partial charge in [-0.2, -0.15) is 0 Å². The summed E-state index contributed by atoms with van der Waals surface area (Å²) in [5.74, 6) is 0. The van der Waals surface area contributed by atoms with Crippen molar-refractivity contribution in [1.82, 2.24) is 4.98 Å². The monoisotopic (exact) mass is 307 g/mol. The molecular formula is C23H17N. The van der Waals surface area contributed by atoms with Crippen molar-refractivity contribution >= 4 is 22.9 Å². The molecule has 1 nitrogen and oxygen atoms in total. The van der Waals surface area contributed by atoms with Crippen LogP contribution in [0.4, 0.5) is 0 Å². The van der Waals surface area contributed by atoms with Crippen molar-refractivity contribution in [3.63, 3.8) is 0 Å². The molecule has 0 radical (unpaired) electrons. The van der Waals surface area contributed by atoms with E-state index in [0.29, 0.717) is 0 Å². The quantitative estimate of drug-likeness (QED) is 0.447. The Kier molecular flexibility index (Phi) is 3.91. The fourth-order valence-electron chi connectivity index (χ4n) is 2.90. The third kappa shape index (κ3) is 2.97. The summed E-state index contributed by atoms with van der Waals surface area (Å²) in [5, 5.41) is 2.54. The molecule has 0 aliphatic heterocycles. The van der Waals surface area contributed by atoms with E-state index in [9.17, 15) is 0 Å². The van der Waals surface area contributed by atoms with Crippen molar-refractivity contribution in [2.75, 3.05) is 0 Å². The van der Waals surface area contributed by atoms with E-state index in [1.165, 1.54) is 16.3 Å². The molecule has 1 heteroatoms. The topological polar surface area (TPSA) is 12.9 Å². The van der Waals surface area contributed by atoms with Gasteiger partial charge in [0, 0.05) is 11.8 Å². The zero-order valence-corrected chi connectivity index (χ0v) is 13.3. The molecule has 4 aromatic rings. The molecule has 3 aromatic carbocycles. The summed E-state index contributed by atoms with van der Waals surface area (Å²) in [6.45, 7) is 0. The largest absolute Gasteiger partial charge is 0.256 e. The first-order valence-electron chi connectivity index (χ1n) is 8.07. The van der Waals surface area contributed by atoms with Gasteiger partial charge in [0.15, 0.2) is 0 Å². The number of nitrogens with zero attached hydrogens (tertiary/aromatic N) is 1. The van der Waals surface area contributed by atoms with Crippen molar-refractivity contribution in [3.8, 4) is 11.3 Å². The number of hydrogen-bond acceptors (Lipinski definition) is 1. The number of benzene rings is 3. The van der Waals surface area contributed by atoms with Gasteiger partial charge in [-0.3, -0.25) is 4.98 Å². The average Bonchev–Trinajstić information content (AvgIpc) is 2.67. The van der Waals surface area contributed by atoms with Gasteiger partial charge in [0.05, 0.1) is 5.69 Å². The van der Waals surface area contributed by atoms with E-state index in [1.807, 2.05) is 30.5 Å². The molecule has 114 valence electrons. The molecule has 0 aliphatic carbocycles. The Labute approximate surface area is 141 Å². The minimum Gasteiger partial charge on any atom is -0.256 e. The Morgan fingerprint density at radius 3 is 2.38 bits per heavy atom. The highest BCUT2D eigenvalue weighted by Crippen LogP contribution is 2.22. The molecule has 1 aromatic heterocycles. The zero-order chi connectivity index (χ0) is 16.2. The van der Waals surface area contributed by atoms with E-state index < -0.39 is 0 Å². The van der Waals surface area contributed by atoms with Gasteiger partial charge in [0.1, 0.15) is 0 Å². The second-order valence-corrected chi connectivity index (χ2v) is 5.74. The van der Waals surface area contributed by atoms with Crippen LogP contribution in [0.1, 0.15) is 11.1 Å². The molecule has 1 heterocycles. The Bertz CT molecular complexity index is 995.